The quantitative estimate of drug-likeness (QED) is 0.450. The minimum absolute atomic E-state index is 0.0296. The largest absolute Gasteiger partial charge is 0.343 e. The SMILES string of the molecule is N#CCNC(=O)[C@H]1CCCC[C@@H]1CS(=O)(=O)c1ccc(SCCc2ccccc2)cc1. The van der Waals surface area contributed by atoms with Crippen LogP contribution in [0.5, 0.6) is 0 Å². The van der Waals surface area contributed by atoms with Crippen molar-refractivity contribution in [2.75, 3.05) is 18.1 Å². The molecule has 0 unspecified atom stereocenters. The highest BCUT2D eigenvalue weighted by molar-refractivity contribution is 7.99. The third kappa shape index (κ3) is 6.84. The predicted molar refractivity (Wildman–Crippen MR) is 123 cm³/mol. The average Bonchev–Trinajstić information content (AvgIpc) is 2.78. The number of aryl methyl sites for hydroxylation is 1. The second kappa shape index (κ2) is 11.4. The normalized spacial score (nSPS) is 18.8. The van der Waals surface area contributed by atoms with Crippen molar-refractivity contribution < 1.29 is 13.2 Å². The van der Waals surface area contributed by atoms with Crippen LogP contribution < -0.4 is 5.32 Å². The molecular weight excluding hydrogens is 428 g/mol. The van der Waals surface area contributed by atoms with Gasteiger partial charge in [-0.25, -0.2) is 8.42 Å². The van der Waals surface area contributed by atoms with Gasteiger partial charge in [0.05, 0.1) is 16.7 Å². The fraction of sp³-hybridized carbons (Fsp3) is 0.417. The van der Waals surface area contributed by atoms with Crippen LogP contribution in [0, 0.1) is 23.2 Å². The lowest BCUT2D eigenvalue weighted by Gasteiger charge is -2.30. The van der Waals surface area contributed by atoms with E-state index in [9.17, 15) is 13.2 Å². The van der Waals surface area contributed by atoms with Crippen molar-refractivity contribution in [3.63, 3.8) is 0 Å². The lowest BCUT2D eigenvalue weighted by molar-refractivity contribution is -0.127. The molecule has 0 saturated heterocycles. The van der Waals surface area contributed by atoms with Crippen molar-refractivity contribution in [2.45, 2.75) is 41.9 Å². The number of hydrogen-bond donors (Lipinski definition) is 1. The lowest BCUT2D eigenvalue weighted by Crippen LogP contribution is -2.39. The molecule has 5 nitrogen and oxygen atoms in total. The summed E-state index contributed by atoms with van der Waals surface area (Å²) in [6.45, 7) is -0.0434. The van der Waals surface area contributed by atoms with E-state index in [0.29, 0.717) is 11.3 Å². The van der Waals surface area contributed by atoms with Crippen LogP contribution in [0.15, 0.2) is 64.4 Å². The summed E-state index contributed by atoms with van der Waals surface area (Å²) < 4.78 is 26.0. The zero-order chi connectivity index (χ0) is 22.1. The Hall–Kier alpha value is -2.30. The molecule has 0 heterocycles. The summed E-state index contributed by atoms with van der Waals surface area (Å²) in [4.78, 5) is 13.7. The van der Waals surface area contributed by atoms with Gasteiger partial charge in [0.2, 0.25) is 5.91 Å². The molecule has 2 aromatic rings. The first-order valence-electron chi connectivity index (χ1n) is 10.6. The van der Waals surface area contributed by atoms with E-state index in [1.54, 1.807) is 23.9 Å². The van der Waals surface area contributed by atoms with Gasteiger partial charge in [-0.15, -0.1) is 11.8 Å². The molecule has 2 atom stereocenters. The van der Waals surface area contributed by atoms with Crippen LogP contribution in [0.3, 0.4) is 0 Å². The number of sulfone groups is 1. The molecule has 0 aromatic heterocycles. The zero-order valence-electron chi connectivity index (χ0n) is 17.5. The maximum Gasteiger partial charge on any atom is 0.224 e. The highest BCUT2D eigenvalue weighted by Crippen LogP contribution is 2.33. The topological polar surface area (TPSA) is 87.0 Å². The Bertz CT molecular complexity index is 999. The van der Waals surface area contributed by atoms with Gasteiger partial charge in [-0.05, 0) is 55.0 Å². The van der Waals surface area contributed by atoms with Crippen LogP contribution in [0.25, 0.3) is 0 Å². The van der Waals surface area contributed by atoms with Crippen LogP contribution in [0.4, 0.5) is 0 Å². The highest BCUT2D eigenvalue weighted by atomic mass is 32.2. The van der Waals surface area contributed by atoms with Crippen molar-refractivity contribution in [1.82, 2.24) is 5.32 Å². The summed E-state index contributed by atoms with van der Waals surface area (Å²) in [6.07, 6.45) is 4.20. The van der Waals surface area contributed by atoms with Gasteiger partial charge < -0.3 is 5.32 Å². The van der Waals surface area contributed by atoms with Crippen LogP contribution in [0.1, 0.15) is 31.2 Å². The Morgan fingerprint density at radius 1 is 1.06 bits per heavy atom. The Labute approximate surface area is 189 Å². The van der Waals surface area contributed by atoms with Crippen molar-refractivity contribution >= 4 is 27.5 Å². The molecule has 1 aliphatic carbocycles. The van der Waals surface area contributed by atoms with E-state index < -0.39 is 9.84 Å². The van der Waals surface area contributed by atoms with Crippen molar-refractivity contribution in [3.05, 3.63) is 60.2 Å². The molecule has 31 heavy (non-hydrogen) atoms. The fourth-order valence-electron chi connectivity index (χ4n) is 4.06. The molecule has 3 rings (SSSR count). The second-order valence-electron chi connectivity index (χ2n) is 7.86. The Balaban J connectivity index is 1.59. The molecule has 164 valence electrons. The number of benzene rings is 2. The third-order valence-corrected chi connectivity index (χ3v) is 8.58. The molecular formula is C24H28N2O3S2. The van der Waals surface area contributed by atoms with E-state index >= 15 is 0 Å². The number of carbonyl (C=O) groups excluding carboxylic acids is 1. The van der Waals surface area contributed by atoms with E-state index in [-0.39, 0.29) is 30.0 Å². The summed E-state index contributed by atoms with van der Waals surface area (Å²) >= 11 is 1.71. The first-order valence-corrected chi connectivity index (χ1v) is 13.3. The predicted octanol–water partition coefficient (Wildman–Crippen LogP) is 4.24. The van der Waals surface area contributed by atoms with E-state index in [1.165, 1.54) is 5.56 Å². The Kier molecular flexibility index (Phi) is 8.56. The summed E-state index contributed by atoms with van der Waals surface area (Å²) in [5.74, 6) is 0.143. The fourth-order valence-corrected chi connectivity index (χ4v) is 6.67. The number of amides is 1. The van der Waals surface area contributed by atoms with Gasteiger partial charge in [0, 0.05) is 16.6 Å². The standard InChI is InChI=1S/C24H28N2O3S2/c25-15-16-26-24(27)23-9-5-4-8-20(23)18-31(28,29)22-12-10-21(11-13-22)30-17-14-19-6-2-1-3-7-19/h1-3,6-7,10-13,20,23H,4-5,8-9,14,16-18H2,(H,26,27)/t20-,23+/m1/s1. The molecule has 0 spiro atoms. The Morgan fingerprint density at radius 3 is 2.48 bits per heavy atom. The van der Waals surface area contributed by atoms with Crippen LogP contribution in [-0.2, 0) is 21.1 Å². The number of thioether (sulfide) groups is 1. The first-order chi connectivity index (χ1) is 15.0. The van der Waals surface area contributed by atoms with Gasteiger partial charge in [-0.2, -0.15) is 5.26 Å². The van der Waals surface area contributed by atoms with Gasteiger partial charge in [-0.3, -0.25) is 4.79 Å². The van der Waals surface area contributed by atoms with Gasteiger partial charge in [0.15, 0.2) is 9.84 Å². The average molecular weight is 457 g/mol. The smallest absolute Gasteiger partial charge is 0.224 e. The molecule has 2 aromatic carbocycles. The molecule has 1 N–H and O–H groups in total. The van der Waals surface area contributed by atoms with E-state index in [2.05, 4.69) is 17.4 Å². The molecule has 1 aliphatic rings. The van der Waals surface area contributed by atoms with Crippen LogP contribution in [-0.4, -0.2) is 32.4 Å². The molecule has 1 amide bonds. The summed E-state index contributed by atoms with van der Waals surface area (Å²) in [6, 6.07) is 19.3. The number of hydrogen-bond acceptors (Lipinski definition) is 5. The summed E-state index contributed by atoms with van der Waals surface area (Å²) in [5, 5.41) is 11.3. The molecule has 7 heteroatoms. The summed E-state index contributed by atoms with van der Waals surface area (Å²) in [7, 11) is -3.48. The number of nitriles is 1. The first kappa shape index (κ1) is 23.4. The van der Waals surface area contributed by atoms with Crippen molar-refractivity contribution in [3.8, 4) is 6.07 Å². The molecule has 0 radical (unpaired) electrons. The number of nitrogens with zero attached hydrogens (tertiary/aromatic N) is 1. The van der Waals surface area contributed by atoms with Crippen molar-refractivity contribution in [1.29, 1.82) is 5.26 Å². The number of carbonyl (C=O) groups is 1. The number of rotatable bonds is 9. The van der Waals surface area contributed by atoms with E-state index in [1.807, 2.05) is 36.4 Å². The summed E-state index contributed by atoms with van der Waals surface area (Å²) in [5.41, 5.74) is 1.29. The minimum Gasteiger partial charge on any atom is -0.343 e. The maximum atomic E-state index is 13.0. The molecule has 0 aliphatic heterocycles. The van der Waals surface area contributed by atoms with E-state index in [0.717, 1.165) is 36.3 Å². The molecule has 0 bridgehead atoms. The third-order valence-electron chi connectivity index (χ3n) is 5.71. The molecule has 1 fully saturated rings. The van der Waals surface area contributed by atoms with E-state index in [4.69, 9.17) is 5.26 Å². The highest BCUT2D eigenvalue weighted by Gasteiger charge is 2.34. The van der Waals surface area contributed by atoms with Crippen LogP contribution in [0.2, 0.25) is 0 Å². The minimum atomic E-state index is -3.48. The Morgan fingerprint density at radius 2 is 1.77 bits per heavy atom. The molecule has 1 saturated carbocycles. The monoisotopic (exact) mass is 456 g/mol. The zero-order valence-corrected chi connectivity index (χ0v) is 19.1. The van der Waals surface area contributed by atoms with Gasteiger partial charge >= 0.3 is 0 Å². The lowest BCUT2D eigenvalue weighted by atomic mass is 9.80. The van der Waals surface area contributed by atoms with Gasteiger partial charge in [-0.1, -0.05) is 43.2 Å². The van der Waals surface area contributed by atoms with Crippen LogP contribution >= 0.6 is 11.8 Å². The van der Waals surface area contributed by atoms with Gasteiger partial charge in [0.25, 0.3) is 0 Å². The van der Waals surface area contributed by atoms with Crippen molar-refractivity contribution in [2.24, 2.45) is 11.8 Å². The maximum absolute atomic E-state index is 13.0. The van der Waals surface area contributed by atoms with Gasteiger partial charge in [0.1, 0.15) is 6.54 Å². The second-order valence-corrected chi connectivity index (χ2v) is 11.1. The number of nitrogens with one attached hydrogen (secondary N) is 1.